The molecular formula is C17H21IN2O3. The fraction of sp³-hybridized carbons (Fsp3) is 0.412. The molecule has 0 aromatic heterocycles. The number of carbonyl (C=O) groups excluding carboxylic acids is 2. The number of halogens is 1. The molecule has 1 aromatic carbocycles. The Morgan fingerprint density at radius 3 is 2.70 bits per heavy atom. The zero-order valence-corrected chi connectivity index (χ0v) is 15.5. The first-order valence-corrected chi connectivity index (χ1v) is 8.36. The monoisotopic (exact) mass is 428 g/mol. The SMILES string of the molecule is C#Cc1ccc(I)c(C(=O)NCCCCC(C)(C)OC(N)=O)c1. The summed E-state index contributed by atoms with van der Waals surface area (Å²) >= 11 is 2.11. The van der Waals surface area contributed by atoms with Crippen molar-refractivity contribution >= 4 is 34.6 Å². The van der Waals surface area contributed by atoms with E-state index in [2.05, 4.69) is 33.8 Å². The number of carbonyl (C=O) groups is 2. The highest BCUT2D eigenvalue weighted by Crippen LogP contribution is 2.18. The van der Waals surface area contributed by atoms with Crippen LogP contribution in [0.4, 0.5) is 4.79 Å². The molecule has 23 heavy (non-hydrogen) atoms. The summed E-state index contributed by atoms with van der Waals surface area (Å²) in [5.74, 6) is 2.38. The van der Waals surface area contributed by atoms with Crippen LogP contribution in [-0.4, -0.2) is 24.1 Å². The Morgan fingerprint density at radius 1 is 1.39 bits per heavy atom. The first kappa shape index (κ1) is 19.3. The van der Waals surface area contributed by atoms with Crippen LogP contribution in [0.25, 0.3) is 0 Å². The van der Waals surface area contributed by atoms with Crippen molar-refractivity contribution in [3.05, 3.63) is 32.9 Å². The van der Waals surface area contributed by atoms with Gasteiger partial charge < -0.3 is 15.8 Å². The number of rotatable bonds is 7. The first-order chi connectivity index (χ1) is 10.7. The number of amides is 2. The minimum atomic E-state index is -0.772. The average molecular weight is 428 g/mol. The van der Waals surface area contributed by atoms with Crippen LogP contribution >= 0.6 is 22.6 Å². The van der Waals surface area contributed by atoms with E-state index in [4.69, 9.17) is 16.9 Å². The second kappa shape index (κ2) is 8.77. The molecule has 0 atom stereocenters. The Balaban J connectivity index is 2.41. The summed E-state index contributed by atoms with van der Waals surface area (Å²) in [4.78, 5) is 22.9. The van der Waals surface area contributed by atoms with Gasteiger partial charge in [-0.25, -0.2) is 4.79 Å². The van der Waals surface area contributed by atoms with Crippen LogP contribution in [0.15, 0.2) is 18.2 Å². The molecular weight excluding hydrogens is 407 g/mol. The third kappa shape index (κ3) is 6.91. The van der Waals surface area contributed by atoms with Gasteiger partial charge >= 0.3 is 6.09 Å². The molecule has 0 unspecified atom stereocenters. The van der Waals surface area contributed by atoms with Crippen LogP contribution in [0.3, 0.4) is 0 Å². The summed E-state index contributed by atoms with van der Waals surface area (Å²) < 4.78 is 5.86. The second-order valence-electron chi connectivity index (χ2n) is 5.73. The smallest absolute Gasteiger partial charge is 0.405 e. The lowest BCUT2D eigenvalue weighted by molar-refractivity contribution is 0.0374. The molecule has 1 aromatic rings. The number of benzene rings is 1. The van der Waals surface area contributed by atoms with E-state index in [1.54, 1.807) is 12.1 Å². The van der Waals surface area contributed by atoms with Gasteiger partial charge in [0.05, 0.1) is 5.56 Å². The van der Waals surface area contributed by atoms with Crippen LogP contribution in [0.5, 0.6) is 0 Å². The summed E-state index contributed by atoms with van der Waals surface area (Å²) in [6, 6.07) is 5.34. The Hall–Kier alpha value is -1.75. The highest BCUT2D eigenvalue weighted by Gasteiger charge is 2.20. The van der Waals surface area contributed by atoms with Crippen molar-refractivity contribution in [1.29, 1.82) is 0 Å². The van der Waals surface area contributed by atoms with E-state index in [0.717, 1.165) is 16.4 Å². The lowest BCUT2D eigenvalue weighted by Gasteiger charge is -2.23. The van der Waals surface area contributed by atoms with E-state index in [1.165, 1.54) is 0 Å². The van der Waals surface area contributed by atoms with Gasteiger partial charge in [0.1, 0.15) is 5.60 Å². The van der Waals surface area contributed by atoms with Gasteiger partial charge in [0.25, 0.3) is 5.91 Å². The lowest BCUT2D eigenvalue weighted by Crippen LogP contribution is -2.31. The molecule has 3 N–H and O–H groups in total. The third-order valence-corrected chi connectivity index (χ3v) is 4.19. The number of nitrogens with one attached hydrogen (secondary N) is 1. The van der Waals surface area contributed by atoms with Crippen LogP contribution < -0.4 is 11.1 Å². The van der Waals surface area contributed by atoms with Gasteiger partial charge in [-0.15, -0.1) is 6.42 Å². The molecule has 0 saturated carbocycles. The number of hydrogen-bond donors (Lipinski definition) is 2. The fourth-order valence-corrected chi connectivity index (χ4v) is 2.67. The van der Waals surface area contributed by atoms with E-state index < -0.39 is 11.7 Å². The number of ether oxygens (including phenoxy) is 1. The van der Waals surface area contributed by atoms with Crippen molar-refractivity contribution in [2.45, 2.75) is 38.7 Å². The van der Waals surface area contributed by atoms with Gasteiger partial charge in [-0.1, -0.05) is 5.92 Å². The first-order valence-electron chi connectivity index (χ1n) is 7.28. The summed E-state index contributed by atoms with van der Waals surface area (Å²) in [6.45, 7) is 4.16. The molecule has 5 nitrogen and oxygen atoms in total. The van der Waals surface area contributed by atoms with Crippen molar-refractivity contribution in [2.24, 2.45) is 5.73 Å². The number of nitrogens with two attached hydrogens (primary N) is 1. The normalized spacial score (nSPS) is 10.7. The van der Waals surface area contributed by atoms with Gasteiger partial charge in [-0.05, 0) is 73.9 Å². The van der Waals surface area contributed by atoms with Gasteiger partial charge in [0.2, 0.25) is 0 Å². The number of primary amides is 1. The molecule has 0 radical (unpaired) electrons. The molecule has 0 aliphatic rings. The largest absolute Gasteiger partial charge is 0.444 e. The van der Waals surface area contributed by atoms with E-state index in [-0.39, 0.29) is 5.91 Å². The molecule has 0 bridgehead atoms. The van der Waals surface area contributed by atoms with E-state index in [0.29, 0.717) is 24.1 Å². The molecule has 1 rings (SSSR count). The van der Waals surface area contributed by atoms with Crippen molar-refractivity contribution < 1.29 is 14.3 Å². The van der Waals surface area contributed by atoms with Crippen molar-refractivity contribution in [3.63, 3.8) is 0 Å². The molecule has 0 aliphatic heterocycles. The standard InChI is InChI=1S/C17H21IN2O3/c1-4-12-7-8-14(18)13(11-12)15(21)20-10-6-5-9-17(2,3)23-16(19)22/h1,7-8,11H,5-6,9-10H2,2-3H3,(H2,19,22)(H,20,21). The van der Waals surface area contributed by atoms with Crippen molar-refractivity contribution in [2.75, 3.05) is 6.54 Å². The molecule has 0 saturated heterocycles. The highest BCUT2D eigenvalue weighted by molar-refractivity contribution is 14.1. The van der Waals surface area contributed by atoms with Gasteiger partial charge in [-0.3, -0.25) is 4.79 Å². The molecule has 124 valence electrons. The topological polar surface area (TPSA) is 81.4 Å². The van der Waals surface area contributed by atoms with E-state index in [9.17, 15) is 9.59 Å². The number of hydrogen-bond acceptors (Lipinski definition) is 3. The van der Waals surface area contributed by atoms with Crippen LogP contribution in [0.1, 0.15) is 49.0 Å². The predicted molar refractivity (Wildman–Crippen MR) is 98.0 cm³/mol. The zero-order chi connectivity index (χ0) is 17.5. The van der Waals surface area contributed by atoms with Gasteiger partial charge in [0, 0.05) is 15.7 Å². The minimum absolute atomic E-state index is 0.140. The summed E-state index contributed by atoms with van der Waals surface area (Å²) in [5.41, 5.74) is 5.69. The zero-order valence-electron chi connectivity index (χ0n) is 13.3. The number of unbranched alkanes of at least 4 members (excludes halogenated alkanes) is 1. The molecule has 0 aliphatic carbocycles. The molecule has 0 spiro atoms. The van der Waals surface area contributed by atoms with Gasteiger partial charge in [0.15, 0.2) is 0 Å². The molecule has 2 amide bonds. The second-order valence-corrected chi connectivity index (χ2v) is 6.89. The maximum Gasteiger partial charge on any atom is 0.405 e. The van der Waals surface area contributed by atoms with E-state index in [1.807, 2.05) is 19.9 Å². The van der Waals surface area contributed by atoms with Crippen molar-refractivity contribution in [1.82, 2.24) is 5.32 Å². The Labute approximate surface area is 150 Å². The van der Waals surface area contributed by atoms with Crippen LogP contribution in [0.2, 0.25) is 0 Å². The van der Waals surface area contributed by atoms with Crippen molar-refractivity contribution in [3.8, 4) is 12.3 Å². The fourth-order valence-electron chi connectivity index (χ4n) is 2.09. The molecule has 0 fully saturated rings. The Bertz CT molecular complexity index is 621. The van der Waals surface area contributed by atoms with Crippen LogP contribution in [-0.2, 0) is 4.74 Å². The summed E-state index contributed by atoms with van der Waals surface area (Å²) in [5, 5.41) is 2.87. The summed E-state index contributed by atoms with van der Waals surface area (Å²) in [7, 11) is 0. The maximum atomic E-state index is 12.2. The highest BCUT2D eigenvalue weighted by atomic mass is 127. The third-order valence-electron chi connectivity index (χ3n) is 3.25. The maximum absolute atomic E-state index is 12.2. The minimum Gasteiger partial charge on any atom is -0.444 e. The Kier molecular flexibility index (Phi) is 7.36. The number of terminal acetylenes is 1. The van der Waals surface area contributed by atoms with E-state index >= 15 is 0 Å². The predicted octanol–water partition coefficient (Wildman–Crippen LogP) is 3.05. The quantitative estimate of drug-likeness (QED) is 0.398. The van der Waals surface area contributed by atoms with Gasteiger partial charge in [-0.2, -0.15) is 0 Å². The average Bonchev–Trinajstić information content (AvgIpc) is 2.45. The Morgan fingerprint density at radius 2 is 2.09 bits per heavy atom. The summed E-state index contributed by atoms with van der Waals surface area (Å²) in [6.07, 6.45) is 6.85. The molecule has 0 heterocycles. The lowest BCUT2D eigenvalue weighted by atomic mass is 10.0. The molecule has 6 heteroatoms. The van der Waals surface area contributed by atoms with Crippen LogP contribution in [0, 0.1) is 15.9 Å².